The highest BCUT2D eigenvalue weighted by Gasteiger charge is 2.26. The van der Waals surface area contributed by atoms with Gasteiger partial charge in [-0.25, -0.2) is 8.78 Å². The lowest BCUT2D eigenvalue weighted by atomic mass is 10.0. The third kappa shape index (κ3) is 2.62. The van der Waals surface area contributed by atoms with E-state index >= 15 is 0 Å². The van der Waals surface area contributed by atoms with Crippen molar-refractivity contribution in [1.29, 1.82) is 0 Å². The number of rotatable bonds is 3. The van der Waals surface area contributed by atoms with Crippen molar-refractivity contribution in [1.82, 2.24) is 4.90 Å². The second kappa shape index (κ2) is 5.53. The molecule has 1 aliphatic rings. The first-order valence-electron chi connectivity index (χ1n) is 5.70. The second-order valence-electron chi connectivity index (χ2n) is 4.04. The molecule has 94 valence electrons. The summed E-state index contributed by atoms with van der Waals surface area (Å²) in [7, 11) is 0. The van der Waals surface area contributed by atoms with Crippen molar-refractivity contribution in [2.45, 2.75) is 6.04 Å². The van der Waals surface area contributed by atoms with E-state index in [1.54, 1.807) is 0 Å². The first-order chi connectivity index (χ1) is 8.24. The zero-order valence-electron chi connectivity index (χ0n) is 9.53. The molecule has 1 heterocycles. The third-order valence-corrected chi connectivity index (χ3v) is 3.04. The highest BCUT2D eigenvalue weighted by molar-refractivity contribution is 5.24. The number of benzene rings is 1. The molecule has 0 bridgehead atoms. The standard InChI is InChI=1S/C12H16F2N2O/c13-9-2-1-3-10(14)12(9)11(8-15)16-4-6-17-7-5-16/h1-3,11H,4-8,15H2/t11-/m1/s1. The molecule has 1 saturated heterocycles. The summed E-state index contributed by atoms with van der Waals surface area (Å²) in [6.07, 6.45) is 0. The van der Waals surface area contributed by atoms with Gasteiger partial charge in [0.2, 0.25) is 0 Å². The van der Waals surface area contributed by atoms with E-state index in [2.05, 4.69) is 0 Å². The molecule has 1 fully saturated rings. The molecule has 0 unspecified atom stereocenters. The summed E-state index contributed by atoms with van der Waals surface area (Å²) < 4.78 is 32.6. The first-order valence-corrected chi connectivity index (χ1v) is 5.70. The van der Waals surface area contributed by atoms with Gasteiger partial charge in [-0.2, -0.15) is 0 Å². The highest BCUT2D eigenvalue weighted by Crippen LogP contribution is 2.25. The topological polar surface area (TPSA) is 38.5 Å². The smallest absolute Gasteiger partial charge is 0.130 e. The summed E-state index contributed by atoms with van der Waals surface area (Å²) in [6.45, 7) is 2.64. The van der Waals surface area contributed by atoms with Crippen molar-refractivity contribution in [3.05, 3.63) is 35.4 Å². The van der Waals surface area contributed by atoms with Crippen molar-refractivity contribution in [2.24, 2.45) is 5.73 Å². The van der Waals surface area contributed by atoms with Crippen LogP contribution in [0.15, 0.2) is 18.2 Å². The van der Waals surface area contributed by atoms with Gasteiger partial charge in [-0.3, -0.25) is 4.90 Å². The van der Waals surface area contributed by atoms with Crippen LogP contribution in [0.25, 0.3) is 0 Å². The minimum Gasteiger partial charge on any atom is -0.379 e. The van der Waals surface area contributed by atoms with E-state index in [9.17, 15) is 8.78 Å². The van der Waals surface area contributed by atoms with Crippen LogP contribution in [-0.2, 0) is 4.74 Å². The average Bonchev–Trinajstić information content (AvgIpc) is 2.35. The van der Waals surface area contributed by atoms with Gasteiger partial charge in [0, 0.05) is 25.2 Å². The van der Waals surface area contributed by atoms with E-state index < -0.39 is 17.7 Å². The minimum absolute atomic E-state index is 0.0666. The molecular formula is C12H16F2N2O. The molecule has 3 nitrogen and oxygen atoms in total. The summed E-state index contributed by atoms with van der Waals surface area (Å²) in [4.78, 5) is 1.96. The molecule has 5 heteroatoms. The van der Waals surface area contributed by atoms with Crippen molar-refractivity contribution < 1.29 is 13.5 Å². The maximum Gasteiger partial charge on any atom is 0.130 e. The molecular weight excluding hydrogens is 226 g/mol. The molecule has 2 N–H and O–H groups in total. The summed E-state index contributed by atoms with van der Waals surface area (Å²) in [5.41, 5.74) is 5.72. The third-order valence-electron chi connectivity index (χ3n) is 3.04. The Balaban J connectivity index is 2.27. The Morgan fingerprint density at radius 1 is 1.24 bits per heavy atom. The van der Waals surface area contributed by atoms with Crippen molar-refractivity contribution in [2.75, 3.05) is 32.8 Å². The van der Waals surface area contributed by atoms with Gasteiger partial charge in [0.1, 0.15) is 11.6 Å². The van der Waals surface area contributed by atoms with Crippen molar-refractivity contribution in [3.63, 3.8) is 0 Å². The van der Waals surface area contributed by atoms with E-state index in [0.717, 1.165) is 0 Å². The molecule has 0 radical (unpaired) electrons. The average molecular weight is 242 g/mol. The highest BCUT2D eigenvalue weighted by atomic mass is 19.1. The van der Waals surface area contributed by atoms with Gasteiger partial charge >= 0.3 is 0 Å². The van der Waals surface area contributed by atoms with E-state index in [-0.39, 0.29) is 12.1 Å². The lowest BCUT2D eigenvalue weighted by Gasteiger charge is -2.34. The summed E-state index contributed by atoms with van der Waals surface area (Å²) in [5.74, 6) is -1.07. The quantitative estimate of drug-likeness (QED) is 0.868. The van der Waals surface area contributed by atoms with Gasteiger partial charge in [0.15, 0.2) is 0 Å². The predicted molar refractivity (Wildman–Crippen MR) is 60.5 cm³/mol. The molecule has 17 heavy (non-hydrogen) atoms. The zero-order valence-corrected chi connectivity index (χ0v) is 9.53. The van der Waals surface area contributed by atoms with Gasteiger partial charge in [0.05, 0.1) is 19.3 Å². The number of hydrogen-bond acceptors (Lipinski definition) is 3. The second-order valence-corrected chi connectivity index (χ2v) is 4.04. The Bertz CT molecular complexity index is 361. The lowest BCUT2D eigenvalue weighted by Crippen LogP contribution is -2.42. The molecule has 1 aliphatic heterocycles. The largest absolute Gasteiger partial charge is 0.379 e. The first kappa shape index (κ1) is 12.4. The van der Waals surface area contributed by atoms with Gasteiger partial charge < -0.3 is 10.5 Å². The van der Waals surface area contributed by atoms with Gasteiger partial charge in [-0.1, -0.05) is 6.07 Å². The number of nitrogens with zero attached hydrogens (tertiary/aromatic N) is 1. The fourth-order valence-corrected chi connectivity index (χ4v) is 2.17. The number of halogens is 2. The van der Waals surface area contributed by atoms with Gasteiger partial charge in [-0.15, -0.1) is 0 Å². The fourth-order valence-electron chi connectivity index (χ4n) is 2.17. The van der Waals surface area contributed by atoms with Gasteiger partial charge in [0.25, 0.3) is 0 Å². The fraction of sp³-hybridized carbons (Fsp3) is 0.500. The SMILES string of the molecule is NC[C@H](c1c(F)cccc1F)N1CCOCC1. The Kier molecular flexibility index (Phi) is 4.04. The van der Waals surface area contributed by atoms with E-state index in [1.807, 2.05) is 4.90 Å². The number of morpholine rings is 1. The van der Waals surface area contributed by atoms with Crippen LogP contribution >= 0.6 is 0 Å². The van der Waals surface area contributed by atoms with Crippen molar-refractivity contribution in [3.8, 4) is 0 Å². The molecule has 0 aromatic heterocycles. The Morgan fingerprint density at radius 3 is 2.35 bits per heavy atom. The molecule has 1 atom stereocenters. The van der Waals surface area contributed by atoms with Crippen LogP contribution in [0.2, 0.25) is 0 Å². The maximum atomic E-state index is 13.7. The van der Waals surface area contributed by atoms with Gasteiger partial charge in [-0.05, 0) is 12.1 Å². The molecule has 1 aromatic carbocycles. The molecule has 0 spiro atoms. The van der Waals surface area contributed by atoms with E-state index in [1.165, 1.54) is 18.2 Å². The van der Waals surface area contributed by atoms with Crippen LogP contribution < -0.4 is 5.73 Å². The predicted octanol–water partition coefficient (Wildman–Crippen LogP) is 1.30. The van der Waals surface area contributed by atoms with E-state index in [0.29, 0.717) is 26.3 Å². The number of ether oxygens (including phenoxy) is 1. The molecule has 2 rings (SSSR count). The monoisotopic (exact) mass is 242 g/mol. The molecule has 0 aliphatic carbocycles. The molecule has 1 aromatic rings. The number of nitrogens with two attached hydrogens (primary N) is 1. The minimum atomic E-state index is -0.535. The molecule has 0 amide bonds. The van der Waals surface area contributed by atoms with Crippen LogP contribution in [-0.4, -0.2) is 37.7 Å². The van der Waals surface area contributed by atoms with Crippen LogP contribution in [0.4, 0.5) is 8.78 Å². The number of hydrogen-bond donors (Lipinski definition) is 1. The van der Waals surface area contributed by atoms with Crippen molar-refractivity contribution >= 4 is 0 Å². The summed E-state index contributed by atoms with van der Waals surface area (Å²) in [5, 5.41) is 0. The Hall–Kier alpha value is -1.04. The Morgan fingerprint density at radius 2 is 1.82 bits per heavy atom. The van der Waals surface area contributed by atoms with Crippen LogP contribution in [0.5, 0.6) is 0 Å². The van der Waals surface area contributed by atoms with Crippen LogP contribution in [0.1, 0.15) is 11.6 Å². The zero-order chi connectivity index (χ0) is 12.3. The van der Waals surface area contributed by atoms with Crippen LogP contribution in [0.3, 0.4) is 0 Å². The Labute approximate surface area is 99.2 Å². The lowest BCUT2D eigenvalue weighted by molar-refractivity contribution is 0.0164. The molecule has 0 saturated carbocycles. The summed E-state index contributed by atoms with van der Waals surface area (Å²) >= 11 is 0. The summed E-state index contributed by atoms with van der Waals surface area (Å²) in [6, 6.07) is 3.48. The normalized spacial score (nSPS) is 19.2. The van der Waals surface area contributed by atoms with Crippen LogP contribution in [0, 0.1) is 11.6 Å². The van der Waals surface area contributed by atoms with E-state index in [4.69, 9.17) is 10.5 Å². The maximum absolute atomic E-state index is 13.7.